The van der Waals surface area contributed by atoms with Crippen molar-refractivity contribution in [2.45, 2.75) is 6.92 Å². The summed E-state index contributed by atoms with van der Waals surface area (Å²) in [6.45, 7) is 12.6. The highest BCUT2D eigenvalue weighted by Gasteiger charge is 1.99. The SMILES string of the molecule is C#CCOCCOCCOCCOCCOCCOCCOCCOCCOCCOCCOCCOc1ccc(NC(C)=O)cc1. The Morgan fingerprint density at radius 3 is 1.04 bits per heavy atom. The molecule has 0 saturated carbocycles. The van der Waals surface area contributed by atoms with E-state index in [2.05, 4.69) is 11.2 Å². The van der Waals surface area contributed by atoms with Crippen LogP contribution in [0.3, 0.4) is 0 Å². The molecule has 0 bridgehead atoms. The lowest BCUT2D eigenvalue weighted by molar-refractivity contribution is -0.114. The second kappa shape index (κ2) is 34.9. The van der Waals surface area contributed by atoms with Crippen molar-refractivity contribution in [3.63, 3.8) is 0 Å². The molecule has 0 aliphatic heterocycles. The van der Waals surface area contributed by atoms with Crippen LogP contribution in [0.5, 0.6) is 5.75 Å². The summed E-state index contributed by atoms with van der Waals surface area (Å²) >= 11 is 0. The van der Waals surface area contributed by atoms with Gasteiger partial charge >= 0.3 is 0 Å². The Balaban J connectivity index is 1.66. The highest BCUT2D eigenvalue weighted by molar-refractivity contribution is 5.88. The van der Waals surface area contributed by atoms with Gasteiger partial charge in [-0.3, -0.25) is 4.79 Å². The Bertz CT molecular complexity index is 854. The molecule has 1 aromatic carbocycles. The second-order valence-corrected chi connectivity index (χ2v) is 9.43. The van der Waals surface area contributed by atoms with Crippen molar-refractivity contribution in [1.29, 1.82) is 0 Å². The molecule has 0 aliphatic rings. The van der Waals surface area contributed by atoms with Gasteiger partial charge in [0.2, 0.25) is 5.91 Å². The summed E-state index contributed by atoms with van der Waals surface area (Å²) < 4.78 is 65.2. The predicted octanol–water partition coefficient (Wildman–Crippen LogP) is 1.84. The first-order valence-electron chi connectivity index (χ1n) is 16.0. The molecular formula is C33H55NO13. The van der Waals surface area contributed by atoms with Gasteiger partial charge in [0, 0.05) is 12.6 Å². The Labute approximate surface area is 279 Å². The Hall–Kier alpha value is -2.39. The van der Waals surface area contributed by atoms with Crippen LogP contribution in [-0.4, -0.2) is 158 Å². The summed E-state index contributed by atoms with van der Waals surface area (Å²) in [6, 6.07) is 7.17. The van der Waals surface area contributed by atoms with Gasteiger partial charge < -0.3 is 62.2 Å². The number of amides is 1. The lowest BCUT2D eigenvalue weighted by atomic mass is 10.3. The summed E-state index contributed by atoms with van der Waals surface area (Å²) in [5, 5.41) is 2.71. The zero-order valence-electron chi connectivity index (χ0n) is 28.0. The van der Waals surface area contributed by atoms with E-state index in [9.17, 15) is 4.79 Å². The fraction of sp³-hybridized carbons (Fsp3) is 0.727. The minimum absolute atomic E-state index is 0.109. The molecular weight excluding hydrogens is 618 g/mol. The van der Waals surface area contributed by atoms with E-state index < -0.39 is 0 Å². The zero-order valence-corrected chi connectivity index (χ0v) is 28.0. The van der Waals surface area contributed by atoms with Gasteiger partial charge in [-0.05, 0) is 24.3 Å². The first kappa shape index (κ1) is 42.6. The molecule has 0 radical (unpaired) electrons. The van der Waals surface area contributed by atoms with Crippen molar-refractivity contribution in [1.82, 2.24) is 0 Å². The van der Waals surface area contributed by atoms with Gasteiger partial charge in [0.1, 0.15) is 19.0 Å². The maximum atomic E-state index is 11.0. The number of terminal acetylenes is 1. The summed E-state index contributed by atoms with van der Waals surface area (Å²) in [6.07, 6.45) is 5.08. The normalized spacial score (nSPS) is 11.1. The van der Waals surface area contributed by atoms with Crippen molar-refractivity contribution in [2.75, 3.05) is 157 Å². The summed E-state index contributed by atoms with van der Waals surface area (Å²) in [7, 11) is 0. The van der Waals surface area contributed by atoms with Crippen LogP contribution >= 0.6 is 0 Å². The van der Waals surface area contributed by atoms with Gasteiger partial charge in [-0.15, -0.1) is 6.42 Å². The van der Waals surface area contributed by atoms with Gasteiger partial charge in [-0.25, -0.2) is 0 Å². The van der Waals surface area contributed by atoms with Crippen LogP contribution in [0.25, 0.3) is 0 Å². The van der Waals surface area contributed by atoms with Gasteiger partial charge in [0.15, 0.2) is 0 Å². The Kier molecular flexibility index (Phi) is 31.7. The molecule has 0 spiro atoms. The number of ether oxygens (including phenoxy) is 12. The summed E-state index contributed by atoms with van der Waals surface area (Å²) in [5.74, 6) is 3.00. The maximum absolute atomic E-state index is 11.0. The topological polar surface area (TPSA) is 140 Å². The number of hydrogen-bond donors (Lipinski definition) is 1. The van der Waals surface area contributed by atoms with Crippen molar-refractivity contribution in [2.24, 2.45) is 0 Å². The van der Waals surface area contributed by atoms with Crippen molar-refractivity contribution in [3.8, 4) is 18.1 Å². The second-order valence-electron chi connectivity index (χ2n) is 9.43. The third-order valence-corrected chi connectivity index (χ3v) is 5.58. The zero-order chi connectivity index (χ0) is 33.7. The van der Waals surface area contributed by atoms with E-state index in [1.165, 1.54) is 6.92 Å². The molecule has 14 heteroatoms. The Morgan fingerprint density at radius 2 is 0.766 bits per heavy atom. The quantitative estimate of drug-likeness (QED) is 0.0820. The number of hydrogen-bond acceptors (Lipinski definition) is 13. The average molecular weight is 674 g/mol. The van der Waals surface area contributed by atoms with E-state index in [4.69, 9.17) is 63.3 Å². The van der Waals surface area contributed by atoms with Crippen LogP contribution in [-0.2, 0) is 56.9 Å². The molecule has 0 fully saturated rings. The number of rotatable bonds is 36. The van der Waals surface area contributed by atoms with Crippen LogP contribution in [0, 0.1) is 12.3 Å². The number of benzene rings is 1. The van der Waals surface area contributed by atoms with E-state index in [0.717, 1.165) is 5.69 Å². The third kappa shape index (κ3) is 32.0. The lowest BCUT2D eigenvalue weighted by Crippen LogP contribution is -2.15. The predicted molar refractivity (Wildman–Crippen MR) is 174 cm³/mol. The molecule has 0 atom stereocenters. The van der Waals surface area contributed by atoms with Gasteiger partial charge in [0.05, 0.1) is 139 Å². The molecule has 1 aromatic rings. The molecule has 0 unspecified atom stereocenters. The highest BCUT2D eigenvalue weighted by Crippen LogP contribution is 2.15. The highest BCUT2D eigenvalue weighted by atomic mass is 16.6. The number of carbonyl (C=O) groups is 1. The molecule has 1 rings (SSSR count). The summed E-state index contributed by atoms with van der Waals surface area (Å²) in [5.41, 5.74) is 0.730. The molecule has 270 valence electrons. The smallest absolute Gasteiger partial charge is 0.221 e. The van der Waals surface area contributed by atoms with Crippen molar-refractivity contribution in [3.05, 3.63) is 24.3 Å². The van der Waals surface area contributed by atoms with Crippen LogP contribution < -0.4 is 10.1 Å². The number of anilines is 1. The lowest BCUT2D eigenvalue weighted by Gasteiger charge is -2.09. The van der Waals surface area contributed by atoms with Gasteiger partial charge in [-0.2, -0.15) is 0 Å². The number of nitrogens with one attached hydrogen (secondary N) is 1. The molecule has 0 saturated heterocycles. The molecule has 0 heterocycles. The molecule has 0 aliphatic carbocycles. The average Bonchev–Trinajstić information content (AvgIpc) is 3.07. The first-order chi connectivity index (χ1) is 23.2. The largest absolute Gasteiger partial charge is 0.491 e. The van der Waals surface area contributed by atoms with E-state index in [0.29, 0.717) is 158 Å². The van der Waals surface area contributed by atoms with Crippen LogP contribution in [0.15, 0.2) is 24.3 Å². The summed E-state index contributed by atoms with van der Waals surface area (Å²) in [4.78, 5) is 11.0. The minimum atomic E-state index is -0.109. The van der Waals surface area contributed by atoms with Gasteiger partial charge in [0.25, 0.3) is 0 Å². The standard InChI is InChI=1S/C33H55NO13/c1-3-8-36-9-10-37-11-12-38-13-14-39-15-16-40-17-18-41-19-20-42-21-22-43-23-24-44-25-26-45-27-28-46-29-30-47-33-6-4-32(5-7-33)34-31(2)35/h1,4-7H,8-30H2,2H3,(H,34,35). The van der Waals surface area contributed by atoms with Crippen LogP contribution in [0.4, 0.5) is 5.69 Å². The molecule has 1 amide bonds. The molecule has 0 aromatic heterocycles. The third-order valence-electron chi connectivity index (χ3n) is 5.58. The van der Waals surface area contributed by atoms with E-state index in [1.807, 2.05) is 0 Å². The van der Waals surface area contributed by atoms with Crippen molar-refractivity contribution < 1.29 is 61.6 Å². The minimum Gasteiger partial charge on any atom is -0.491 e. The molecule has 47 heavy (non-hydrogen) atoms. The monoisotopic (exact) mass is 673 g/mol. The van der Waals surface area contributed by atoms with E-state index >= 15 is 0 Å². The first-order valence-corrected chi connectivity index (χ1v) is 16.0. The van der Waals surface area contributed by atoms with E-state index in [1.54, 1.807) is 24.3 Å². The van der Waals surface area contributed by atoms with Crippen LogP contribution in [0.2, 0.25) is 0 Å². The fourth-order valence-electron chi connectivity index (χ4n) is 3.39. The van der Waals surface area contributed by atoms with Crippen LogP contribution in [0.1, 0.15) is 6.92 Å². The molecule has 1 N–H and O–H groups in total. The maximum Gasteiger partial charge on any atom is 0.221 e. The fourth-order valence-corrected chi connectivity index (χ4v) is 3.39. The Morgan fingerprint density at radius 1 is 0.489 bits per heavy atom. The molecule has 14 nitrogen and oxygen atoms in total. The van der Waals surface area contributed by atoms with Gasteiger partial charge in [-0.1, -0.05) is 5.92 Å². The number of carbonyl (C=O) groups excluding carboxylic acids is 1. The van der Waals surface area contributed by atoms with E-state index in [-0.39, 0.29) is 5.91 Å². The van der Waals surface area contributed by atoms with Crippen molar-refractivity contribution >= 4 is 11.6 Å².